The SMILES string of the molecule is CCCOc1ccc(/C=C(/CBr)C2CCCCC2)cc1. The highest BCUT2D eigenvalue weighted by molar-refractivity contribution is 9.09. The zero-order valence-corrected chi connectivity index (χ0v) is 14.0. The Morgan fingerprint density at radius 2 is 1.90 bits per heavy atom. The van der Waals surface area contributed by atoms with Crippen LogP contribution < -0.4 is 4.74 Å². The number of alkyl halides is 1. The maximum absolute atomic E-state index is 5.63. The molecule has 2 heteroatoms. The summed E-state index contributed by atoms with van der Waals surface area (Å²) in [6.45, 7) is 2.92. The summed E-state index contributed by atoms with van der Waals surface area (Å²) in [5.41, 5.74) is 2.83. The minimum atomic E-state index is 0.777. The second-order valence-corrected chi connectivity index (χ2v) is 6.17. The molecule has 1 nitrogen and oxygen atoms in total. The third-order valence-electron chi connectivity index (χ3n) is 3.99. The summed E-state index contributed by atoms with van der Waals surface area (Å²) in [5.74, 6) is 1.75. The van der Waals surface area contributed by atoms with Crippen LogP contribution in [0, 0.1) is 5.92 Å². The largest absolute Gasteiger partial charge is 0.494 e. The van der Waals surface area contributed by atoms with Gasteiger partial charge in [-0.15, -0.1) is 0 Å². The van der Waals surface area contributed by atoms with E-state index >= 15 is 0 Å². The molecule has 0 aliphatic heterocycles. The third kappa shape index (κ3) is 4.66. The summed E-state index contributed by atoms with van der Waals surface area (Å²) in [6.07, 6.45) is 10.3. The van der Waals surface area contributed by atoms with Crippen LogP contribution in [-0.2, 0) is 0 Å². The van der Waals surface area contributed by atoms with Gasteiger partial charge in [-0.3, -0.25) is 0 Å². The first-order chi connectivity index (χ1) is 9.83. The Hall–Kier alpha value is -0.760. The minimum absolute atomic E-state index is 0.777. The van der Waals surface area contributed by atoms with Gasteiger partial charge >= 0.3 is 0 Å². The van der Waals surface area contributed by atoms with E-state index in [9.17, 15) is 0 Å². The van der Waals surface area contributed by atoms with Crippen molar-refractivity contribution in [1.82, 2.24) is 0 Å². The maximum Gasteiger partial charge on any atom is 0.119 e. The lowest BCUT2D eigenvalue weighted by Gasteiger charge is -2.23. The first kappa shape index (κ1) is 15.6. The highest BCUT2D eigenvalue weighted by Crippen LogP contribution is 2.31. The summed E-state index contributed by atoms with van der Waals surface area (Å²) < 4.78 is 5.63. The van der Waals surface area contributed by atoms with Gasteiger partial charge in [-0.2, -0.15) is 0 Å². The lowest BCUT2D eigenvalue weighted by molar-refractivity contribution is 0.317. The van der Waals surface area contributed by atoms with Crippen molar-refractivity contribution in [3.05, 3.63) is 35.4 Å². The van der Waals surface area contributed by atoms with E-state index in [0.29, 0.717) is 0 Å². The molecule has 1 saturated carbocycles. The van der Waals surface area contributed by atoms with Crippen molar-refractivity contribution in [2.75, 3.05) is 11.9 Å². The van der Waals surface area contributed by atoms with Crippen LogP contribution in [0.15, 0.2) is 29.8 Å². The average molecular weight is 337 g/mol. The van der Waals surface area contributed by atoms with Crippen molar-refractivity contribution in [3.8, 4) is 5.75 Å². The molecule has 20 heavy (non-hydrogen) atoms. The van der Waals surface area contributed by atoms with Crippen LogP contribution >= 0.6 is 15.9 Å². The predicted molar refractivity (Wildman–Crippen MR) is 90.6 cm³/mol. The molecule has 1 aliphatic rings. The van der Waals surface area contributed by atoms with Gasteiger partial charge < -0.3 is 4.74 Å². The first-order valence-electron chi connectivity index (χ1n) is 7.82. The molecule has 0 radical (unpaired) electrons. The van der Waals surface area contributed by atoms with Gasteiger partial charge in [0.25, 0.3) is 0 Å². The zero-order valence-electron chi connectivity index (χ0n) is 12.4. The molecule has 110 valence electrons. The molecular formula is C18H25BrO. The van der Waals surface area contributed by atoms with Crippen molar-refractivity contribution in [2.24, 2.45) is 5.92 Å². The third-order valence-corrected chi connectivity index (χ3v) is 4.64. The molecule has 1 aromatic rings. The number of ether oxygens (including phenoxy) is 1. The Bertz CT molecular complexity index is 416. The Morgan fingerprint density at radius 3 is 2.50 bits per heavy atom. The highest BCUT2D eigenvalue weighted by Gasteiger charge is 2.16. The smallest absolute Gasteiger partial charge is 0.119 e. The summed E-state index contributed by atoms with van der Waals surface area (Å²) >= 11 is 3.66. The first-order valence-corrected chi connectivity index (χ1v) is 8.95. The fourth-order valence-corrected chi connectivity index (χ4v) is 3.45. The van der Waals surface area contributed by atoms with Crippen LogP contribution in [0.4, 0.5) is 0 Å². The van der Waals surface area contributed by atoms with Gasteiger partial charge in [0.1, 0.15) is 5.75 Å². The van der Waals surface area contributed by atoms with Gasteiger partial charge in [0, 0.05) is 5.33 Å². The number of hydrogen-bond acceptors (Lipinski definition) is 1. The molecule has 0 bridgehead atoms. The van der Waals surface area contributed by atoms with Crippen LogP contribution in [0.2, 0.25) is 0 Å². The molecule has 0 unspecified atom stereocenters. The Morgan fingerprint density at radius 1 is 1.20 bits per heavy atom. The molecule has 0 spiro atoms. The molecule has 1 fully saturated rings. The highest BCUT2D eigenvalue weighted by atomic mass is 79.9. The standard InChI is InChI=1S/C18H25BrO/c1-2-12-20-18-10-8-15(9-11-18)13-17(14-19)16-6-4-3-5-7-16/h8-11,13,16H,2-7,12,14H2,1H3/b17-13-. The summed E-state index contributed by atoms with van der Waals surface area (Å²) in [7, 11) is 0. The van der Waals surface area contributed by atoms with Gasteiger partial charge in [0.15, 0.2) is 0 Å². The Labute approximate surface area is 131 Å². The lowest BCUT2D eigenvalue weighted by Crippen LogP contribution is -2.10. The van der Waals surface area contributed by atoms with Gasteiger partial charge in [-0.05, 0) is 42.9 Å². The fourth-order valence-electron chi connectivity index (χ4n) is 2.83. The van der Waals surface area contributed by atoms with Crippen LogP contribution in [0.5, 0.6) is 5.75 Å². The van der Waals surface area contributed by atoms with E-state index in [2.05, 4.69) is 53.2 Å². The lowest BCUT2D eigenvalue weighted by atomic mass is 9.84. The molecular weight excluding hydrogens is 312 g/mol. The summed E-state index contributed by atoms with van der Waals surface area (Å²) in [6, 6.07) is 8.48. The molecule has 1 aromatic carbocycles. The quantitative estimate of drug-likeness (QED) is 0.593. The number of halogens is 1. The second-order valence-electron chi connectivity index (χ2n) is 5.61. The van der Waals surface area contributed by atoms with Crippen molar-refractivity contribution < 1.29 is 4.74 Å². The van der Waals surface area contributed by atoms with Crippen molar-refractivity contribution >= 4 is 22.0 Å². The molecule has 0 saturated heterocycles. The minimum Gasteiger partial charge on any atom is -0.494 e. The van der Waals surface area contributed by atoms with E-state index < -0.39 is 0 Å². The van der Waals surface area contributed by atoms with E-state index in [4.69, 9.17) is 4.74 Å². The van der Waals surface area contributed by atoms with Crippen LogP contribution in [-0.4, -0.2) is 11.9 Å². The fraction of sp³-hybridized carbons (Fsp3) is 0.556. The molecule has 0 amide bonds. The molecule has 2 rings (SSSR count). The molecule has 1 aliphatic carbocycles. The van der Waals surface area contributed by atoms with E-state index in [-0.39, 0.29) is 0 Å². The van der Waals surface area contributed by atoms with Crippen LogP contribution in [0.3, 0.4) is 0 Å². The molecule has 0 aromatic heterocycles. The Kier molecular flexibility index (Phi) is 6.65. The van der Waals surface area contributed by atoms with Gasteiger partial charge in [0.05, 0.1) is 6.61 Å². The number of rotatable bonds is 6. The van der Waals surface area contributed by atoms with Crippen LogP contribution in [0.1, 0.15) is 51.0 Å². The monoisotopic (exact) mass is 336 g/mol. The van der Waals surface area contributed by atoms with E-state index in [1.807, 2.05) is 0 Å². The predicted octanol–water partition coefficient (Wildman–Crippen LogP) is 5.83. The van der Waals surface area contributed by atoms with E-state index in [1.165, 1.54) is 37.7 Å². The van der Waals surface area contributed by atoms with Crippen LogP contribution in [0.25, 0.3) is 6.08 Å². The summed E-state index contributed by atoms with van der Waals surface area (Å²) in [5, 5.41) is 0.992. The van der Waals surface area contributed by atoms with Gasteiger partial charge in [-0.1, -0.05) is 65.9 Å². The van der Waals surface area contributed by atoms with Crippen molar-refractivity contribution in [2.45, 2.75) is 45.4 Å². The van der Waals surface area contributed by atoms with Crippen molar-refractivity contribution in [3.63, 3.8) is 0 Å². The maximum atomic E-state index is 5.63. The number of allylic oxidation sites excluding steroid dienone is 1. The average Bonchev–Trinajstić information content (AvgIpc) is 2.52. The van der Waals surface area contributed by atoms with Gasteiger partial charge in [-0.25, -0.2) is 0 Å². The number of hydrogen-bond donors (Lipinski definition) is 0. The molecule has 0 N–H and O–H groups in total. The topological polar surface area (TPSA) is 9.23 Å². The molecule has 0 atom stereocenters. The van der Waals surface area contributed by atoms with E-state index in [0.717, 1.165) is 30.0 Å². The normalized spacial score (nSPS) is 17.2. The Balaban J connectivity index is 2.03. The van der Waals surface area contributed by atoms with Gasteiger partial charge in [0.2, 0.25) is 0 Å². The summed E-state index contributed by atoms with van der Waals surface area (Å²) in [4.78, 5) is 0. The molecule has 0 heterocycles. The van der Waals surface area contributed by atoms with Crippen molar-refractivity contribution in [1.29, 1.82) is 0 Å². The second kappa shape index (κ2) is 8.51. The van der Waals surface area contributed by atoms with E-state index in [1.54, 1.807) is 5.57 Å². The number of benzene rings is 1. The zero-order chi connectivity index (χ0) is 14.2.